The minimum absolute atomic E-state index is 0. The summed E-state index contributed by atoms with van der Waals surface area (Å²) in [6.07, 6.45) is 2.66. The van der Waals surface area contributed by atoms with E-state index in [9.17, 15) is 0 Å². The van der Waals surface area contributed by atoms with Crippen molar-refractivity contribution in [2.75, 3.05) is 0 Å². The largest absolute Gasteiger partial charge is 0.0776 e. The molecule has 0 spiro atoms. The van der Waals surface area contributed by atoms with E-state index in [1.807, 2.05) is 0 Å². The van der Waals surface area contributed by atoms with Gasteiger partial charge in [-0.05, 0) is 23.7 Å². The van der Waals surface area contributed by atoms with Crippen LogP contribution in [0.25, 0.3) is 0 Å². The summed E-state index contributed by atoms with van der Waals surface area (Å²) < 4.78 is 0. The third kappa shape index (κ3) is 16.5. The highest BCUT2D eigenvalue weighted by atomic mass is 14.2. The molecule has 0 aromatic rings. The van der Waals surface area contributed by atoms with E-state index >= 15 is 0 Å². The fourth-order valence-corrected chi connectivity index (χ4v) is 0.750. The van der Waals surface area contributed by atoms with Gasteiger partial charge in [-0.15, -0.1) is 0 Å². The molecular formula is C12H30. The molecule has 0 heterocycles. The van der Waals surface area contributed by atoms with E-state index in [0.29, 0.717) is 10.8 Å². The second-order valence-corrected chi connectivity index (χ2v) is 5.62. The van der Waals surface area contributed by atoms with Crippen LogP contribution in [0, 0.1) is 10.8 Å². The standard InChI is InChI=1S/C10H22.2CH4/c1-9(2,3)7-8-10(4,5)6;;/h7-8H2,1-6H3;2*1H4. The first kappa shape index (κ1) is 17.9. The first-order chi connectivity index (χ1) is 4.21. The van der Waals surface area contributed by atoms with E-state index in [1.54, 1.807) is 0 Å². The molecule has 0 rings (SSSR count). The first-order valence-corrected chi connectivity index (χ1v) is 4.21. The van der Waals surface area contributed by atoms with Crippen LogP contribution in [0.4, 0.5) is 0 Å². The molecule has 0 aliphatic carbocycles. The van der Waals surface area contributed by atoms with Crippen LogP contribution in [0.5, 0.6) is 0 Å². The van der Waals surface area contributed by atoms with Gasteiger partial charge in [-0.3, -0.25) is 0 Å². The predicted molar refractivity (Wildman–Crippen MR) is 61.6 cm³/mol. The van der Waals surface area contributed by atoms with Crippen LogP contribution in [0.15, 0.2) is 0 Å². The Morgan fingerprint density at radius 3 is 0.833 bits per heavy atom. The van der Waals surface area contributed by atoms with E-state index < -0.39 is 0 Å². The van der Waals surface area contributed by atoms with Gasteiger partial charge in [-0.1, -0.05) is 56.4 Å². The van der Waals surface area contributed by atoms with Crippen LogP contribution in [-0.2, 0) is 0 Å². The van der Waals surface area contributed by atoms with Gasteiger partial charge in [0.25, 0.3) is 0 Å². The van der Waals surface area contributed by atoms with Crippen molar-refractivity contribution in [1.82, 2.24) is 0 Å². The molecule has 0 fully saturated rings. The van der Waals surface area contributed by atoms with E-state index in [1.165, 1.54) is 12.8 Å². The SMILES string of the molecule is C.C.CC(C)(C)CCC(C)(C)C. The van der Waals surface area contributed by atoms with Gasteiger partial charge in [-0.2, -0.15) is 0 Å². The number of rotatable bonds is 1. The van der Waals surface area contributed by atoms with Crippen molar-refractivity contribution in [3.8, 4) is 0 Å². The molecular weight excluding hydrogens is 144 g/mol. The molecule has 0 aliphatic heterocycles. The maximum absolute atomic E-state index is 2.30. The summed E-state index contributed by atoms with van der Waals surface area (Å²) in [6.45, 7) is 13.8. The maximum Gasteiger partial charge on any atom is -0.0382 e. The minimum Gasteiger partial charge on any atom is -0.0776 e. The molecule has 0 heteroatoms. The van der Waals surface area contributed by atoms with Crippen molar-refractivity contribution >= 4 is 0 Å². The van der Waals surface area contributed by atoms with Gasteiger partial charge < -0.3 is 0 Å². The average molecular weight is 174 g/mol. The Kier molecular flexibility index (Phi) is 8.38. The quantitative estimate of drug-likeness (QED) is 0.517. The fourth-order valence-electron chi connectivity index (χ4n) is 0.750. The first-order valence-electron chi connectivity index (χ1n) is 4.21. The van der Waals surface area contributed by atoms with E-state index in [4.69, 9.17) is 0 Å². The third-order valence-electron chi connectivity index (χ3n) is 1.62. The van der Waals surface area contributed by atoms with Gasteiger partial charge in [-0.25, -0.2) is 0 Å². The van der Waals surface area contributed by atoms with Gasteiger partial charge >= 0.3 is 0 Å². The van der Waals surface area contributed by atoms with Crippen LogP contribution < -0.4 is 0 Å². The number of hydrogen-bond donors (Lipinski definition) is 0. The molecule has 0 unspecified atom stereocenters. The Balaban J connectivity index is -0.000000405. The third-order valence-corrected chi connectivity index (χ3v) is 1.62. The minimum atomic E-state index is 0. The molecule has 0 nitrogen and oxygen atoms in total. The average Bonchev–Trinajstić information content (AvgIpc) is 1.57. The summed E-state index contributed by atoms with van der Waals surface area (Å²) in [5, 5.41) is 0. The molecule has 0 bridgehead atoms. The predicted octanol–water partition coefficient (Wildman–Crippen LogP) is 5.13. The highest BCUT2D eigenvalue weighted by Gasteiger charge is 2.16. The molecule has 0 aromatic heterocycles. The van der Waals surface area contributed by atoms with Crippen LogP contribution in [0.1, 0.15) is 69.2 Å². The summed E-state index contributed by atoms with van der Waals surface area (Å²) in [6, 6.07) is 0. The Morgan fingerprint density at radius 1 is 0.583 bits per heavy atom. The molecule has 12 heavy (non-hydrogen) atoms. The Labute approximate surface area is 80.8 Å². The van der Waals surface area contributed by atoms with Crippen molar-refractivity contribution < 1.29 is 0 Å². The fraction of sp³-hybridized carbons (Fsp3) is 1.00. The Morgan fingerprint density at radius 2 is 0.750 bits per heavy atom. The van der Waals surface area contributed by atoms with Crippen molar-refractivity contribution in [3.05, 3.63) is 0 Å². The van der Waals surface area contributed by atoms with Gasteiger partial charge in [0.1, 0.15) is 0 Å². The van der Waals surface area contributed by atoms with Crippen LogP contribution >= 0.6 is 0 Å². The van der Waals surface area contributed by atoms with Gasteiger partial charge in [0.05, 0.1) is 0 Å². The topological polar surface area (TPSA) is 0 Å². The zero-order valence-corrected chi connectivity index (χ0v) is 8.41. The molecule has 0 saturated heterocycles. The molecule has 0 atom stereocenters. The lowest BCUT2D eigenvalue weighted by Gasteiger charge is -2.24. The summed E-state index contributed by atoms with van der Waals surface area (Å²) in [7, 11) is 0. The second kappa shape index (κ2) is 5.61. The highest BCUT2D eigenvalue weighted by Crippen LogP contribution is 2.29. The van der Waals surface area contributed by atoms with E-state index in [-0.39, 0.29) is 14.9 Å². The maximum atomic E-state index is 2.30. The lowest BCUT2D eigenvalue weighted by Crippen LogP contribution is -2.12. The smallest absolute Gasteiger partial charge is 0.0382 e. The van der Waals surface area contributed by atoms with Crippen molar-refractivity contribution in [1.29, 1.82) is 0 Å². The number of hydrogen-bond acceptors (Lipinski definition) is 0. The normalized spacial score (nSPS) is 11.5. The zero-order valence-electron chi connectivity index (χ0n) is 8.41. The summed E-state index contributed by atoms with van der Waals surface area (Å²) >= 11 is 0. The van der Waals surface area contributed by atoms with Crippen molar-refractivity contribution in [3.63, 3.8) is 0 Å². The summed E-state index contributed by atoms with van der Waals surface area (Å²) in [5.74, 6) is 0. The molecule has 0 aliphatic rings. The highest BCUT2D eigenvalue weighted by molar-refractivity contribution is 4.68. The monoisotopic (exact) mass is 174 g/mol. The molecule has 0 radical (unpaired) electrons. The van der Waals surface area contributed by atoms with Gasteiger partial charge in [0.15, 0.2) is 0 Å². The lowest BCUT2D eigenvalue weighted by molar-refractivity contribution is 0.275. The Bertz CT molecular complexity index is 73.6. The van der Waals surface area contributed by atoms with Gasteiger partial charge in [0, 0.05) is 0 Å². The van der Waals surface area contributed by atoms with Crippen LogP contribution in [0.2, 0.25) is 0 Å². The van der Waals surface area contributed by atoms with Crippen molar-refractivity contribution in [2.45, 2.75) is 69.2 Å². The molecule has 0 aromatic carbocycles. The van der Waals surface area contributed by atoms with Crippen molar-refractivity contribution in [2.24, 2.45) is 10.8 Å². The molecule has 0 amide bonds. The molecule has 78 valence electrons. The molecule has 0 N–H and O–H groups in total. The van der Waals surface area contributed by atoms with Gasteiger partial charge in [0.2, 0.25) is 0 Å². The Hall–Kier alpha value is 0. The second-order valence-electron chi connectivity index (χ2n) is 5.62. The lowest BCUT2D eigenvalue weighted by atomic mass is 9.81. The van der Waals surface area contributed by atoms with E-state index in [2.05, 4.69) is 41.5 Å². The molecule has 0 saturated carbocycles. The zero-order chi connectivity index (χ0) is 8.41. The van der Waals surface area contributed by atoms with Crippen LogP contribution in [0.3, 0.4) is 0 Å². The van der Waals surface area contributed by atoms with E-state index in [0.717, 1.165) is 0 Å². The summed E-state index contributed by atoms with van der Waals surface area (Å²) in [4.78, 5) is 0. The van der Waals surface area contributed by atoms with Crippen LogP contribution in [-0.4, -0.2) is 0 Å². The summed E-state index contributed by atoms with van der Waals surface area (Å²) in [5.41, 5.74) is 1.01.